The largest absolute Gasteiger partial charge is 0.350 e. The molecule has 1 heterocycles. The third kappa shape index (κ3) is 3.90. The monoisotopic (exact) mass is 319 g/mol. The molecule has 0 bridgehead atoms. The number of thiazole rings is 1. The summed E-state index contributed by atoms with van der Waals surface area (Å²) in [4.78, 5) is 16.9. The average molecular weight is 319 g/mol. The second-order valence-corrected chi connectivity index (χ2v) is 6.75. The van der Waals surface area contributed by atoms with Gasteiger partial charge in [0.2, 0.25) is 0 Å². The molecular formula is C16H18FN3OS. The van der Waals surface area contributed by atoms with Crippen molar-refractivity contribution in [1.82, 2.24) is 10.3 Å². The van der Waals surface area contributed by atoms with Crippen LogP contribution in [0, 0.1) is 11.7 Å². The van der Waals surface area contributed by atoms with E-state index >= 15 is 0 Å². The average Bonchev–Trinajstić information content (AvgIpc) is 3.27. The molecule has 2 aromatic rings. The van der Waals surface area contributed by atoms with E-state index in [9.17, 15) is 9.18 Å². The van der Waals surface area contributed by atoms with Gasteiger partial charge in [0.15, 0.2) is 0 Å². The van der Waals surface area contributed by atoms with Crippen molar-refractivity contribution >= 4 is 17.2 Å². The molecule has 1 aliphatic carbocycles. The first-order chi connectivity index (χ1) is 10.6. The van der Waals surface area contributed by atoms with Crippen molar-refractivity contribution < 1.29 is 9.18 Å². The summed E-state index contributed by atoms with van der Waals surface area (Å²) < 4.78 is 12.9. The highest BCUT2D eigenvalue weighted by Crippen LogP contribution is 2.31. The van der Waals surface area contributed by atoms with Crippen LogP contribution < -0.4 is 11.1 Å². The summed E-state index contributed by atoms with van der Waals surface area (Å²) in [7, 11) is 0. The summed E-state index contributed by atoms with van der Waals surface area (Å²) in [5.41, 5.74) is 6.94. The molecule has 3 rings (SSSR count). The summed E-state index contributed by atoms with van der Waals surface area (Å²) in [6, 6.07) is 6.36. The number of aromatic nitrogens is 1. The van der Waals surface area contributed by atoms with Gasteiger partial charge < -0.3 is 11.1 Å². The number of rotatable bonds is 6. The van der Waals surface area contributed by atoms with E-state index in [1.165, 1.54) is 36.3 Å². The number of nitrogens with two attached hydrogens (primary N) is 1. The van der Waals surface area contributed by atoms with Gasteiger partial charge in [0.1, 0.15) is 10.7 Å². The topological polar surface area (TPSA) is 68.0 Å². The van der Waals surface area contributed by atoms with Crippen LogP contribution in [-0.4, -0.2) is 23.5 Å². The minimum atomic E-state index is -0.255. The summed E-state index contributed by atoms with van der Waals surface area (Å²) in [6.07, 6.45) is 4.51. The zero-order valence-electron chi connectivity index (χ0n) is 12.1. The van der Waals surface area contributed by atoms with E-state index in [0.717, 1.165) is 10.6 Å². The van der Waals surface area contributed by atoms with Gasteiger partial charge in [-0.05, 0) is 36.5 Å². The molecule has 1 amide bonds. The highest BCUT2D eigenvalue weighted by Gasteiger charge is 2.28. The lowest BCUT2D eigenvalue weighted by Gasteiger charge is -2.10. The maximum Gasteiger partial charge on any atom is 0.263 e. The molecule has 0 saturated heterocycles. The number of carbonyl (C=O) groups is 1. The summed E-state index contributed by atoms with van der Waals surface area (Å²) in [5, 5.41) is 3.70. The molecule has 1 aromatic carbocycles. The minimum Gasteiger partial charge on any atom is -0.350 e. The van der Waals surface area contributed by atoms with E-state index in [1.54, 1.807) is 18.3 Å². The Morgan fingerprint density at radius 3 is 2.82 bits per heavy atom. The van der Waals surface area contributed by atoms with Gasteiger partial charge in [-0.15, -0.1) is 11.3 Å². The van der Waals surface area contributed by atoms with Crippen LogP contribution in [0.2, 0.25) is 0 Å². The standard InChI is InChI=1S/C16H18FN3OS/c17-12-5-1-10(2-6-12)7-15-19-9-14(22-15)16(21)20-8-13(18)11-3-4-11/h1-2,5-6,9,11,13H,3-4,7-8,18H2,(H,20,21). The molecule has 22 heavy (non-hydrogen) atoms. The van der Waals surface area contributed by atoms with Crippen LogP contribution in [-0.2, 0) is 6.42 Å². The van der Waals surface area contributed by atoms with Crippen molar-refractivity contribution in [3.05, 3.63) is 51.7 Å². The van der Waals surface area contributed by atoms with Crippen molar-refractivity contribution in [3.63, 3.8) is 0 Å². The summed E-state index contributed by atoms with van der Waals surface area (Å²) in [6.45, 7) is 0.509. The second-order valence-electron chi connectivity index (χ2n) is 5.63. The Morgan fingerprint density at radius 2 is 2.14 bits per heavy atom. The van der Waals surface area contributed by atoms with Crippen LogP contribution in [0.5, 0.6) is 0 Å². The zero-order chi connectivity index (χ0) is 15.5. The highest BCUT2D eigenvalue weighted by molar-refractivity contribution is 7.13. The molecule has 1 unspecified atom stereocenters. The van der Waals surface area contributed by atoms with E-state index in [4.69, 9.17) is 5.73 Å². The molecule has 0 spiro atoms. The van der Waals surface area contributed by atoms with Crippen molar-refractivity contribution in [3.8, 4) is 0 Å². The lowest BCUT2D eigenvalue weighted by atomic mass is 10.2. The van der Waals surface area contributed by atoms with Gasteiger partial charge in [-0.25, -0.2) is 9.37 Å². The summed E-state index contributed by atoms with van der Waals surface area (Å²) in [5.74, 6) is 0.185. The van der Waals surface area contributed by atoms with Crippen molar-refractivity contribution in [2.75, 3.05) is 6.54 Å². The Morgan fingerprint density at radius 1 is 1.41 bits per heavy atom. The predicted molar refractivity (Wildman–Crippen MR) is 84.4 cm³/mol. The Labute approximate surface area is 132 Å². The third-order valence-corrected chi connectivity index (χ3v) is 4.77. The normalized spacial score (nSPS) is 15.5. The number of amides is 1. The second kappa shape index (κ2) is 6.54. The molecule has 4 nitrogen and oxygen atoms in total. The van der Waals surface area contributed by atoms with Gasteiger partial charge in [-0.3, -0.25) is 4.79 Å². The number of halogens is 1. The van der Waals surface area contributed by atoms with Crippen molar-refractivity contribution in [2.24, 2.45) is 11.7 Å². The quantitative estimate of drug-likeness (QED) is 0.859. The number of hydrogen-bond donors (Lipinski definition) is 2. The minimum absolute atomic E-state index is 0.0514. The zero-order valence-corrected chi connectivity index (χ0v) is 12.9. The fraction of sp³-hybridized carbons (Fsp3) is 0.375. The van der Waals surface area contributed by atoms with Crippen molar-refractivity contribution in [1.29, 1.82) is 0 Å². The molecule has 116 valence electrons. The first-order valence-corrected chi connectivity index (χ1v) is 8.16. The first-order valence-electron chi connectivity index (χ1n) is 7.35. The Hall–Kier alpha value is -1.79. The van der Waals surface area contributed by atoms with E-state index < -0.39 is 0 Å². The third-order valence-electron chi connectivity index (χ3n) is 3.77. The molecule has 1 atom stereocenters. The van der Waals surface area contributed by atoms with Crippen LogP contribution >= 0.6 is 11.3 Å². The fourth-order valence-electron chi connectivity index (χ4n) is 2.26. The van der Waals surface area contributed by atoms with E-state index in [0.29, 0.717) is 23.8 Å². The van der Waals surface area contributed by atoms with Crippen LogP contribution in [0.15, 0.2) is 30.5 Å². The number of benzene rings is 1. The number of carbonyl (C=O) groups excluding carboxylic acids is 1. The van der Waals surface area contributed by atoms with Crippen LogP contribution in [0.3, 0.4) is 0 Å². The lowest BCUT2D eigenvalue weighted by Crippen LogP contribution is -2.38. The van der Waals surface area contributed by atoms with Gasteiger partial charge in [0.25, 0.3) is 5.91 Å². The van der Waals surface area contributed by atoms with Gasteiger partial charge in [0, 0.05) is 19.0 Å². The Bertz CT molecular complexity index is 652. The SMILES string of the molecule is NC(CNC(=O)c1cnc(Cc2ccc(F)cc2)s1)C1CC1. The van der Waals surface area contributed by atoms with Crippen molar-refractivity contribution in [2.45, 2.75) is 25.3 Å². The van der Waals surface area contributed by atoms with Crippen LogP contribution in [0.4, 0.5) is 4.39 Å². The number of nitrogens with zero attached hydrogens (tertiary/aromatic N) is 1. The molecule has 3 N–H and O–H groups in total. The molecule has 6 heteroatoms. The van der Waals surface area contributed by atoms with Gasteiger partial charge in [-0.1, -0.05) is 12.1 Å². The number of hydrogen-bond acceptors (Lipinski definition) is 4. The fourth-order valence-corrected chi connectivity index (χ4v) is 3.13. The van der Waals surface area contributed by atoms with Gasteiger partial charge in [0.05, 0.1) is 11.2 Å². The van der Waals surface area contributed by atoms with E-state index in [2.05, 4.69) is 10.3 Å². The smallest absolute Gasteiger partial charge is 0.263 e. The molecule has 1 aliphatic rings. The lowest BCUT2D eigenvalue weighted by molar-refractivity contribution is 0.0954. The van der Waals surface area contributed by atoms with E-state index in [-0.39, 0.29) is 17.8 Å². The molecule has 1 aromatic heterocycles. The highest BCUT2D eigenvalue weighted by atomic mass is 32.1. The van der Waals surface area contributed by atoms with Crippen LogP contribution in [0.1, 0.15) is 33.1 Å². The predicted octanol–water partition coefficient (Wildman–Crippen LogP) is 2.34. The van der Waals surface area contributed by atoms with Crippen LogP contribution in [0.25, 0.3) is 0 Å². The molecule has 0 radical (unpaired) electrons. The first kappa shape index (κ1) is 15.1. The van der Waals surface area contributed by atoms with Gasteiger partial charge in [-0.2, -0.15) is 0 Å². The summed E-state index contributed by atoms with van der Waals surface area (Å²) >= 11 is 1.36. The van der Waals surface area contributed by atoms with Gasteiger partial charge >= 0.3 is 0 Å². The Balaban J connectivity index is 1.55. The Kier molecular flexibility index (Phi) is 4.49. The maximum absolute atomic E-state index is 12.9. The number of nitrogens with one attached hydrogen (secondary N) is 1. The molecule has 1 saturated carbocycles. The maximum atomic E-state index is 12.9. The molecular weight excluding hydrogens is 301 g/mol. The molecule has 1 fully saturated rings. The molecule has 0 aliphatic heterocycles. The van der Waals surface area contributed by atoms with E-state index in [1.807, 2.05) is 0 Å².